The Morgan fingerprint density at radius 2 is 1.94 bits per heavy atom. The fraction of sp³-hybridized carbons (Fsp3) is 0.167. The van der Waals surface area contributed by atoms with E-state index in [0.717, 1.165) is 29.9 Å². The van der Waals surface area contributed by atoms with Gasteiger partial charge in [0.1, 0.15) is 5.82 Å². The Morgan fingerprint density at radius 3 is 2.75 bits per heavy atom. The molecule has 2 N–H and O–H groups in total. The molecule has 3 rings (SSSR count). The van der Waals surface area contributed by atoms with Crippen LogP contribution >= 0.6 is 0 Å². The molecule has 0 bridgehead atoms. The Hall–Kier alpha value is -2.10. The van der Waals surface area contributed by atoms with Gasteiger partial charge in [-0.25, -0.2) is 4.98 Å². The second-order valence-corrected chi connectivity index (χ2v) is 3.74. The summed E-state index contributed by atoms with van der Waals surface area (Å²) in [5.74, 6) is 1.41. The van der Waals surface area contributed by atoms with E-state index >= 15 is 0 Å². The van der Waals surface area contributed by atoms with E-state index in [-0.39, 0.29) is 5.88 Å². The molecule has 0 radical (unpaired) electrons. The lowest BCUT2D eigenvalue weighted by atomic mass is 10.2. The first-order valence-corrected chi connectivity index (χ1v) is 5.24. The second-order valence-electron chi connectivity index (χ2n) is 3.74. The molecule has 0 unspecified atom stereocenters. The van der Waals surface area contributed by atoms with E-state index in [4.69, 9.17) is 0 Å². The zero-order valence-electron chi connectivity index (χ0n) is 8.64. The van der Waals surface area contributed by atoms with Crippen LogP contribution in [-0.4, -0.2) is 21.6 Å². The minimum Gasteiger partial charge on any atom is -0.493 e. The average Bonchev–Trinajstić information content (AvgIpc) is 2.79. The van der Waals surface area contributed by atoms with E-state index in [1.807, 2.05) is 30.3 Å². The van der Waals surface area contributed by atoms with Crippen molar-refractivity contribution in [2.45, 2.75) is 6.42 Å². The van der Waals surface area contributed by atoms with Crippen LogP contribution in [0.15, 0.2) is 30.3 Å². The number of fused-ring (bicyclic) bond motifs is 1. The molecule has 80 valence electrons. The molecule has 0 saturated heterocycles. The van der Waals surface area contributed by atoms with Crippen LogP contribution in [0.25, 0.3) is 11.4 Å². The minimum atomic E-state index is 0.0915. The van der Waals surface area contributed by atoms with Gasteiger partial charge in [0.25, 0.3) is 0 Å². The number of aromatic nitrogens is 2. The van der Waals surface area contributed by atoms with Crippen LogP contribution < -0.4 is 5.32 Å². The molecule has 0 amide bonds. The molecule has 0 atom stereocenters. The smallest absolute Gasteiger partial charge is 0.219 e. The van der Waals surface area contributed by atoms with Crippen molar-refractivity contribution in [2.75, 3.05) is 11.9 Å². The molecule has 1 aromatic heterocycles. The van der Waals surface area contributed by atoms with Crippen LogP contribution in [-0.2, 0) is 6.42 Å². The predicted molar refractivity (Wildman–Crippen MR) is 61.3 cm³/mol. The van der Waals surface area contributed by atoms with Crippen molar-refractivity contribution in [3.8, 4) is 17.3 Å². The normalized spacial score (nSPS) is 13.2. The maximum atomic E-state index is 9.78. The summed E-state index contributed by atoms with van der Waals surface area (Å²) in [5, 5.41) is 12.9. The molecule has 0 spiro atoms. The number of rotatable bonds is 1. The van der Waals surface area contributed by atoms with Gasteiger partial charge >= 0.3 is 0 Å². The van der Waals surface area contributed by atoms with E-state index in [1.165, 1.54) is 0 Å². The molecule has 1 aliphatic rings. The van der Waals surface area contributed by atoms with Crippen molar-refractivity contribution in [3.05, 3.63) is 35.9 Å². The quantitative estimate of drug-likeness (QED) is 0.758. The fourth-order valence-corrected chi connectivity index (χ4v) is 1.87. The standard InChI is InChI=1S/C12H11N3O/c16-12-9-6-7-13-11(9)14-10(15-12)8-4-2-1-3-5-8/h1-5H,6-7H2,(H2,13,14,15,16). The zero-order chi connectivity index (χ0) is 11.0. The monoisotopic (exact) mass is 213 g/mol. The summed E-state index contributed by atoms with van der Waals surface area (Å²) in [6.07, 6.45) is 0.788. The SMILES string of the molecule is Oc1nc(-c2ccccc2)nc2c1CCN2. The number of anilines is 1. The number of aromatic hydroxyl groups is 1. The lowest BCUT2D eigenvalue weighted by Gasteiger charge is -2.05. The summed E-state index contributed by atoms with van der Waals surface area (Å²) < 4.78 is 0. The number of benzene rings is 1. The summed E-state index contributed by atoms with van der Waals surface area (Å²) >= 11 is 0. The van der Waals surface area contributed by atoms with Crippen molar-refractivity contribution in [1.82, 2.24) is 9.97 Å². The van der Waals surface area contributed by atoms with Gasteiger partial charge in [-0.3, -0.25) is 0 Å². The fourth-order valence-electron chi connectivity index (χ4n) is 1.87. The summed E-state index contributed by atoms with van der Waals surface area (Å²) in [6.45, 7) is 0.815. The van der Waals surface area contributed by atoms with E-state index in [1.54, 1.807) is 0 Å². The van der Waals surface area contributed by atoms with E-state index in [9.17, 15) is 5.11 Å². The maximum absolute atomic E-state index is 9.78. The van der Waals surface area contributed by atoms with Crippen LogP contribution in [0.2, 0.25) is 0 Å². The van der Waals surface area contributed by atoms with E-state index in [2.05, 4.69) is 15.3 Å². The van der Waals surface area contributed by atoms with Gasteiger partial charge in [0.15, 0.2) is 5.82 Å². The van der Waals surface area contributed by atoms with Crippen molar-refractivity contribution in [1.29, 1.82) is 0 Å². The first kappa shape index (κ1) is 9.15. The molecule has 2 aromatic rings. The molecular formula is C12H11N3O. The maximum Gasteiger partial charge on any atom is 0.219 e. The number of hydrogen-bond donors (Lipinski definition) is 2. The zero-order valence-corrected chi connectivity index (χ0v) is 8.64. The molecule has 0 fully saturated rings. The van der Waals surface area contributed by atoms with Crippen LogP contribution in [0.3, 0.4) is 0 Å². The Morgan fingerprint density at radius 1 is 1.12 bits per heavy atom. The first-order chi connectivity index (χ1) is 7.84. The van der Waals surface area contributed by atoms with Gasteiger partial charge in [0.05, 0.1) is 5.56 Å². The predicted octanol–water partition coefficient (Wildman–Crippen LogP) is 1.82. The highest BCUT2D eigenvalue weighted by atomic mass is 16.3. The number of hydrogen-bond acceptors (Lipinski definition) is 4. The van der Waals surface area contributed by atoms with Gasteiger partial charge in [-0.15, -0.1) is 0 Å². The van der Waals surface area contributed by atoms with Crippen molar-refractivity contribution in [2.24, 2.45) is 0 Å². The molecule has 0 aliphatic carbocycles. The highest BCUT2D eigenvalue weighted by molar-refractivity contribution is 5.62. The van der Waals surface area contributed by atoms with Crippen LogP contribution in [0.1, 0.15) is 5.56 Å². The van der Waals surface area contributed by atoms with Gasteiger partial charge in [-0.2, -0.15) is 4.98 Å². The van der Waals surface area contributed by atoms with Crippen LogP contribution in [0, 0.1) is 0 Å². The Balaban J connectivity index is 2.13. The van der Waals surface area contributed by atoms with Gasteiger partial charge in [0.2, 0.25) is 5.88 Å². The summed E-state index contributed by atoms with van der Waals surface area (Å²) in [4.78, 5) is 8.52. The lowest BCUT2D eigenvalue weighted by molar-refractivity contribution is 0.447. The third-order valence-corrected chi connectivity index (χ3v) is 2.68. The molecule has 16 heavy (non-hydrogen) atoms. The molecule has 1 aliphatic heterocycles. The van der Waals surface area contributed by atoms with Gasteiger partial charge < -0.3 is 10.4 Å². The van der Waals surface area contributed by atoms with Gasteiger partial charge in [-0.1, -0.05) is 30.3 Å². The second kappa shape index (κ2) is 3.48. The Bertz CT molecular complexity index is 525. The average molecular weight is 213 g/mol. The summed E-state index contributed by atoms with van der Waals surface area (Å²) in [7, 11) is 0. The Labute approximate surface area is 93.0 Å². The highest BCUT2D eigenvalue weighted by Gasteiger charge is 2.18. The first-order valence-electron chi connectivity index (χ1n) is 5.24. The number of nitrogens with one attached hydrogen (secondary N) is 1. The molecule has 4 nitrogen and oxygen atoms in total. The molecule has 0 saturated carbocycles. The van der Waals surface area contributed by atoms with E-state index < -0.39 is 0 Å². The minimum absolute atomic E-state index is 0.0915. The third kappa shape index (κ3) is 1.39. The summed E-state index contributed by atoms with van der Waals surface area (Å²) in [6, 6.07) is 9.65. The van der Waals surface area contributed by atoms with Crippen molar-refractivity contribution in [3.63, 3.8) is 0 Å². The van der Waals surface area contributed by atoms with Gasteiger partial charge in [-0.05, 0) is 6.42 Å². The Kier molecular flexibility index (Phi) is 1.99. The highest BCUT2D eigenvalue weighted by Crippen LogP contribution is 2.29. The van der Waals surface area contributed by atoms with Crippen LogP contribution in [0.4, 0.5) is 5.82 Å². The third-order valence-electron chi connectivity index (χ3n) is 2.68. The van der Waals surface area contributed by atoms with Crippen molar-refractivity contribution >= 4 is 5.82 Å². The molecule has 2 heterocycles. The van der Waals surface area contributed by atoms with Crippen molar-refractivity contribution < 1.29 is 5.11 Å². The van der Waals surface area contributed by atoms with E-state index in [0.29, 0.717) is 5.82 Å². The molecule has 4 heteroatoms. The topological polar surface area (TPSA) is 58.0 Å². The molecular weight excluding hydrogens is 202 g/mol. The largest absolute Gasteiger partial charge is 0.493 e. The number of nitrogens with zero attached hydrogens (tertiary/aromatic N) is 2. The lowest BCUT2D eigenvalue weighted by Crippen LogP contribution is -1.96. The molecule has 1 aromatic carbocycles. The van der Waals surface area contributed by atoms with Gasteiger partial charge in [0, 0.05) is 12.1 Å². The summed E-state index contributed by atoms with van der Waals surface area (Å²) in [5.41, 5.74) is 1.73. The van der Waals surface area contributed by atoms with Crippen LogP contribution in [0.5, 0.6) is 5.88 Å².